The molecule has 1 heterocycles. The number of rotatable bonds is 7. The maximum Gasteiger partial charge on any atom is 0.167 e. The Bertz CT molecular complexity index is 1350. The highest BCUT2D eigenvalue weighted by Crippen LogP contribution is 2.33. The van der Waals surface area contributed by atoms with Crippen molar-refractivity contribution in [3.8, 4) is 28.0 Å². The lowest BCUT2D eigenvalue weighted by molar-refractivity contribution is 0.199. The topological polar surface area (TPSA) is 42.0 Å². The van der Waals surface area contributed by atoms with E-state index >= 15 is 0 Å². The molecular weight excluding hydrogens is 453 g/mol. The second-order valence-corrected chi connectivity index (χ2v) is 8.57. The molecule has 1 aliphatic rings. The normalized spacial score (nSPS) is 15.6. The van der Waals surface area contributed by atoms with Crippen LogP contribution in [0.2, 0.25) is 0 Å². The van der Waals surface area contributed by atoms with E-state index in [-0.39, 0.29) is 29.7 Å². The zero-order valence-corrected chi connectivity index (χ0v) is 19.0. The molecule has 1 saturated heterocycles. The lowest BCUT2D eigenvalue weighted by Crippen LogP contribution is -1.99. The van der Waals surface area contributed by atoms with Crippen LogP contribution in [0, 0.1) is 17.5 Å². The second-order valence-electron chi connectivity index (χ2n) is 8.57. The van der Waals surface area contributed by atoms with Gasteiger partial charge in [0, 0.05) is 16.7 Å². The summed E-state index contributed by atoms with van der Waals surface area (Å²) >= 11 is 0. The first kappa shape index (κ1) is 23.1. The van der Waals surface area contributed by atoms with Crippen molar-refractivity contribution in [2.24, 2.45) is 0 Å². The second kappa shape index (κ2) is 9.56. The minimum absolute atomic E-state index is 0.0121. The fourth-order valence-electron chi connectivity index (χ4n) is 3.95. The molecule has 0 spiro atoms. The van der Waals surface area contributed by atoms with Gasteiger partial charge in [-0.3, -0.25) is 0 Å². The van der Waals surface area contributed by atoms with E-state index in [2.05, 4.69) is 0 Å². The van der Waals surface area contributed by atoms with Crippen LogP contribution < -0.4 is 4.74 Å². The monoisotopic (exact) mass is 476 g/mol. The van der Waals surface area contributed by atoms with Crippen molar-refractivity contribution < 1.29 is 27.8 Å². The van der Waals surface area contributed by atoms with Crippen molar-refractivity contribution in [2.75, 3.05) is 6.61 Å². The molecular formula is C29H23F3O3. The SMILES string of the molecule is CC(O)c1ccc(-c2ccc(-c3ccc(OCc4ccc(C5CO5)cc4F)cc3)c(F)c2F)cc1. The molecule has 6 heteroatoms. The predicted molar refractivity (Wildman–Crippen MR) is 127 cm³/mol. The number of halogens is 3. The van der Waals surface area contributed by atoms with E-state index in [0.717, 1.165) is 5.56 Å². The molecule has 1 N–H and O–H groups in total. The van der Waals surface area contributed by atoms with Crippen LogP contribution in [-0.4, -0.2) is 11.7 Å². The van der Waals surface area contributed by atoms with E-state index in [1.54, 1.807) is 61.5 Å². The van der Waals surface area contributed by atoms with Gasteiger partial charge in [0.2, 0.25) is 0 Å². The first-order chi connectivity index (χ1) is 16.9. The average Bonchev–Trinajstić information content (AvgIpc) is 3.71. The molecule has 0 radical (unpaired) electrons. The van der Waals surface area contributed by atoms with Gasteiger partial charge in [0.1, 0.15) is 24.3 Å². The van der Waals surface area contributed by atoms with Gasteiger partial charge in [-0.15, -0.1) is 0 Å². The highest BCUT2D eigenvalue weighted by atomic mass is 19.2. The zero-order chi connectivity index (χ0) is 24.5. The Labute approximate surface area is 201 Å². The van der Waals surface area contributed by atoms with Gasteiger partial charge in [-0.1, -0.05) is 60.7 Å². The van der Waals surface area contributed by atoms with Crippen LogP contribution in [0.4, 0.5) is 13.2 Å². The van der Waals surface area contributed by atoms with Gasteiger partial charge in [-0.05, 0) is 47.4 Å². The number of aliphatic hydroxyl groups excluding tert-OH is 1. The third-order valence-electron chi connectivity index (χ3n) is 6.13. The molecule has 2 unspecified atom stereocenters. The molecule has 3 nitrogen and oxygen atoms in total. The van der Waals surface area contributed by atoms with Crippen LogP contribution in [0.5, 0.6) is 5.75 Å². The molecule has 0 saturated carbocycles. The Kier molecular flexibility index (Phi) is 6.32. The molecule has 2 atom stereocenters. The van der Waals surface area contributed by atoms with Crippen molar-refractivity contribution in [3.63, 3.8) is 0 Å². The maximum absolute atomic E-state index is 15.0. The summed E-state index contributed by atoms with van der Waals surface area (Å²) in [6.07, 6.45) is -0.649. The summed E-state index contributed by atoms with van der Waals surface area (Å²) in [6, 6.07) is 21.3. The van der Waals surface area contributed by atoms with E-state index in [9.17, 15) is 18.3 Å². The number of epoxide rings is 1. The smallest absolute Gasteiger partial charge is 0.167 e. The van der Waals surface area contributed by atoms with Gasteiger partial charge in [-0.2, -0.15) is 0 Å². The number of aliphatic hydroxyl groups is 1. The van der Waals surface area contributed by atoms with Crippen molar-refractivity contribution in [2.45, 2.75) is 25.7 Å². The molecule has 4 aromatic rings. The highest BCUT2D eigenvalue weighted by Gasteiger charge is 2.25. The number of hydrogen-bond donors (Lipinski definition) is 1. The van der Waals surface area contributed by atoms with Crippen molar-refractivity contribution in [1.29, 1.82) is 0 Å². The summed E-state index contributed by atoms with van der Waals surface area (Å²) in [6.45, 7) is 2.30. The molecule has 4 aromatic carbocycles. The summed E-state index contributed by atoms with van der Waals surface area (Å²) in [4.78, 5) is 0. The summed E-state index contributed by atoms with van der Waals surface area (Å²) in [5.41, 5.74) is 3.21. The fraction of sp³-hybridized carbons (Fsp3) is 0.172. The molecule has 5 rings (SSSR count). The summed E-state index contributed by atoms with van der Waals surface area (Å²) in [5.74, 6) is -1.76. The predicted octanol–water partition coefficient (Wildman–Crippen LogP) is 7.14. The maximum atomic E-state index is 15.0. The van der Waals surface area contributed by atoms with Crippen molar-refractivity contribution in [3.05, 3.63) is 113 Å². The van der Waals surface area contributed by atoms with E-state index in [1.165, 1.54) is 18.2 Å². The van der Waals surface area contributed by atoms with Crippen LogP contribution in [0.1, 0.15) is 35.8 Å². The number of hydrogen-bond acceptors (Lipinski definition) is 3. The summed E-state index contributed by atoms with van der Waals surface area (Å²) in [7, 11) is 0. The van der Waals surface area contributed by atoms with E-state index < -0.39 is 17.7 Å². The van der Waals surface area contributed by atoms with Gasteiger partial charge in [-0.25, -0.2) is 13.2 Å². The Morgan fingerprint density at radius 3 is 1.94 bits per heavy atom. The van der Waals surface area contributed by atoms with E-state index in [1.807, 2.05) is 6.07 Å². The number of ether oxygens (including phenoxy) is 2. The Hall–Kier alpha value is -3.61. The molecule has 178 valence electrons. The third kappa shape index (κ3) is 4.94. The van der Waals surface area contributed by atoms with Crippen molar-refractivity contribution >= 4 is 0 Å². The molecule has 1 aliphatic heterocycles. The molecule has 0 aromatic heterocycles. The molecule has 0 bridgehead atoms. The first-order valence-corrected chi connectivity index (χ1v) is 11.3. The average molecular weight is 476 g/mol. The lowest BCUT2D eigenvalue weighted by atomic mass is 9.97. The van der Waals surface area contributed by atoms with Crippen LogP contribution in [0.25, 0.3) is 22.3 Å². The van der Waals surface area contributed by atoms with Gasteiger partial charge < -0.3 is 14.6 Å². The van der Waals surface area contributed by atoms with Crippen LogP contribution in [-0.2, 0) is 11.3 Å². The fourth-order valence-corrected chi connectivity index (χ4v) is 3.95. The largest absolute Gasteiger partial charge is 0.489 e. The number of benzene rings is 4. The van der Waals surface area contributed by atoms with Crippen LogP contribution in [0.3, 0.4) is 0 Å². The lowest BCUT2D eigenvalue weighted by Gasteiger charge is -2.12. The minimum Gasteiger partial charge on any atom is -0.489 e. The summed E-state index contributed by atoms with van der Waals surface area (Å²) in [5, 5.41) is 9.64. The molecule has 0 amide bonds. The third-order valence-corrected chi connectivity index (χ3v) is 6.13. The highest BCUT2D eigenvalue weighted by molar-refractivity contribution is 5.72. The zero-order valence-electron chi connectivity index (χ0n) is 19.0. The molecule has 1 fully saturated rings. The first-order valence-electron chi connectivity index (χ1n) is 11.3. The Balaban J connectivity index is 1.30. The van der Waals surface area contributed by atoms with E-state index in [4.69, 9.17) is 9.47 Å². The van der Waals surface area contributed by atoms with Crippen LogP contribution >= 0.6 is 0 Å². The molecule has 35 heavy (non-hydrogen) atoms. The van der Waals surface area contributed by atoms with Gasteiger partial charge in [0.15, 0.2) is 11.6 Å². The minimum atomic E-state index is -0.947. The van der Waals surface area contributed by atoms with Gasteiger partial charge >= 0.3 is 0 Å². The van der Waals surface area contributed by atoms with Crippen LogP contribution in [0.15, 0.2) is 78.9 Å². The van der Waals surface area contributed by atoms with Crippen molar-refractivity contribution in [1.82, 2.24) is 0 Å². The van der Waals surface area contributed by atoms with Gasteiger partial charge in [0.25, 0.3) is 0 Å². The molecule has 0 aliphatic carbocycles. The quantitative estimate of drug-likeness (QED) is 0.288. The summed E-state index contributed by atoms with van der Waals surface area (Å²) < 4.78 is 55.0. The van der Waals surface area contributed by atoms with E-state index in [0.29, 0.717) is 34.6 Å². The standard InChI is InChI=1S/C29H23F3O3/c1-17(33)18-2-4-19(5-3-18)24-12-13-25(29(32)28(24)31)20-8-10-23(11-9-20)34-15-22-7-6-21(14-26(22)30)27-16-35-27/h2-14,17,27,33H,15-16H2,1H3. The van der Waals surface area contributed by atoms with Gasteiger partial charge in [0.05, 0.1) is 12.7 Å². The Morgan fingerprint density at radius 1 is 0.857 bits per heavy atom. The Morgan fingerprint density at radius 2 is 1.43 bits per heavy atom.